The second-order valence-corrected chi connectivity index (χ2v) is 4.81. The van der Waals surface area contributed by atoms with Gasteiger partial charge in [-0.05, 0) is 24.3 Å². The number of primary amides is 1. The van der Waals surface area contributed by atoms with Crippen LogP contribution in [0.5, 0.6) is 0 Å². The van der Waals surface area contributed by atoms with Crippen LogP contribution in [-0.2, 0) is 19.1 Å². The molecule has 1 aliphatic heterocycles. The number of ether oxygens (including phenoxy) is 2. The molecule has 0 aromatic heterocycles. The van der Waals surface area contributed by atoms with Crippen molar-refractivity contribution in [2.75, 3.05) is 19.1 Å². The minimum atomic E-state index is -1.03. The van der Waals surface area contributed by atoms with E-state index in [2.05, 4.69) is 4.74 Å². The number of anilines is 1. The molecule has 25 heavy (non-hydrogen) atoms. The Labute approximate surface area is 142 Å². The molecule has 0 radical (unpaired) electrons. The van der Waals surface area contributed by atoms with Crippen LogP contribution in [0.2, 0.25) is 0 Å². The van der Waals surface area contributed by atoms with Crippen LogP contribution in [0, 0.1) is 5.82 Å². The highest BCUT2D eigenvalue weighted by Gasteiger charge is 2.30. The topological polar surface area (TPSA) is 98.9 Å². The molecule has 8 heteroatoms. The number of nitrogens with two attached hydrogens (primary N) is 1. The summed E-state index contributed by atoms with van der Waals surface area (Å²) >= 11 is 0. The molecule has 0 fully saturated rings. The number of hydrogen-bond donors (Lipinski definition) is 1. The van der Waals surface area contributed by atoms with Gasteiger partial charge in [-0.1, -0.05) is 12.1 Å². The van der Waals surface area contributed by atoms with E-state index >= 15 is 0 Å². The number of rotatable bonds is 4. The van der Waals surface area contributed by atoms with E-state index in [0.717, 1.165) is 25.2 Å². The van der Waals surface area contributed by atoms with Crippen LogP contribution in [0.15, 0.2) is 53.9 Å². The van der Waals surface area contributed by atoms with Crippen molar-refractivity contribution in [3.8, 4) is 0 Å². The Morgan fingerprint density at radius 1 is 1.08 bits per heavy atom. The van der Waals surface area contributed by atoms with E-state index in [0.29, 0.717) is 0 Å². The van der Waals surface area contributed by atoms with E-state index in [1.54, 1.807) is 0 Å². The van der Waals surface area contributed by atoms with E-state index in [1.165, 1.54) is 36.6 Å². The molecule has 130 valence electrons. The Morgan fingerprint density at radius 2 is 1.76 bits per heavy atom. The molecule has 1 aromatic carbocycles. The lowest BCUT2D eigenvalue weighted by Gasteiger charge is -2.24. The molecule has 0 unspecified atom stereocenters. The summed E-state index contributed by atoms with van der Waals surface area (Å²) in [7, 11) is 2.28. The quantitative estimate of drug-likeness (QED) is 0.828. The lowest BCUT2D eigenvalue weighted by Crippen LogP contribution is -2.29. The fraction of sp³-hybridized carbons (Fsp3) is 0.118. The van der Waals surface area contributed by atoms with Gasteiger partial charge in [0.25, 0.3) is 5.91 Å². The van der Waals surface area contributed by atoms with E-state index in [-0.39, 0.29) is 17.0 Å². The van der Waals surface area contributed by atoms with Crippen molar-refractivity contribution in [3.63, 3.8) is 0 Å². The van der Waals surface area contributed by atoms with Crippen molar-refractivity contribution in [2.45, 2.75) is 0 Å². The van der Waals surface area contributed by atoms with Crippen molar-refractivity contribution >= 4 is 23.5 Å². The lowest BCUT2D eigenvalue weighted by atomic mass is 10.1. The molecule has 1 aromatic rings. The SMILES string of the molecule is COC(=O)C1=C(C(=O)OC)N(c2cccc(F)c2C(N)=O)C=CC=C1. The molecule has 0 spiro atoms. The number of carbonyl (C=O) groups excluding carboxylic acids is 3. The van der Waals surface area contributed by atoms with Crippen molar-refractivity contribution in [1.82, 2.24) is 0 Å². The zero-order valence-corrected chi connectivity index (χ0v) is 13.5. The van der Waals surface area contributed by atoms with Crippen LogP contribution in [0.1, 0.15) is 10.4 Å². The number of methoxy groups -OCH3 is 2. The number of benzene rings is 1. The van der Waals surface area contributed by atoms with E-state index in [1.807, 2.05) is 0 Å². The molecule has 7 nitrogen and oxygen atoms in total. The van der Waals surface area contributed by atoms with Gasteiger partial charge < -0.3 is 20.1 Å². The number of esters is 2. The summed E-state index contributed by atoms with van der Waals surface area (Å²) in [6.45, 7) is 0. The zero-order valence-electron chi connectivity index (χ0n) is 13.5. The van der Waals surface area contributed by atoms with E-state index in [4.69, 9.17) is 10.5 Å². The van der Waals surface area contributed by atoms with Gasteiger partial charge in [-0.3, -0.25) is 4.79 Å². The Morgan fingerprint density at radius 3 is 2.36 bits per heavy atom. The summed E-state index contributed by atoms with van der Waals surface area (Å²) in [5.41, 5.74) is 4.45. The van der Waals surface area contributed by atoms with Gasteiger partial charge >= 0.3 is 11.9 Å². The van der Waals surface area contributed by atoms with Crippen LogP contribution in [-0.4, -0.2) is 32.1 Å². The van der Waals surface area contributed by atoms with Crippen molar-refractivity contribution in [3.05, 3.63) is 65.3 Å². The fourth-order valence-electron chi connectivity index (χ4n) is 2.31. The lowest BCUT2D eigenvalue weighted by molar-refractivity contribution is -0.139. The van der Waals surface area contributed by atoms with Gasteiger partial charge in [-0.2, -0.15) is 0 Å². The summed E-state index contributed by atoms with van der Waals surface area (Å²) in [6, 6.07) is 3.79. The average molecular weight is 346 g/mol. The monoisotopic (exact) mass is 346 g/mol. The molecule has 0 atom stereocenters. The maximum Gasteiger partial charge on any atom is 0.355 e. The third kappa shape index (κ3) is 3.42. The zero-order chi connectivity index (χ0) is 18.6. The van der Waals surface area contributed by atoms with Crippen LogP contribution >= 0.6 is 0 Å². The minimum Gasteiger partial charge on any atom is -0.465 e. The average Bonchev–Trinajstić information content (AvgIpc) is 2.82. The summed E-state index contributed by atoms with van der Waals surface area (Å²) in [4.78, 5) is 37.2. The van der Waals surface area contributed by atoms with Crippen LogP contribution < -0.4 is 10.6 Å². The molecule has 0 aliphatic carbocycles. The van der Waals surface area contributed by atoms with Crippen molar-refractivity contribution in [1.29, 1.82) is 0 Å². The highest BCUT2D eigenvalue weighted by atomic mass is 19.1. The number of carbonyl (C=O) groups is 3. The first kappa shape index (κ1) is 17.9. The highest BCUT2D eigenvalue weighted by Crippen LogP contribution is 2.30. The van der Waals surface area contributed by atoms with Gasteiger partial charge in [-0.15, -0.1) is 0 Å². The first-order valence-electron chi connectivity index (χ1n) is 7.05. The van der Waals surface area contributed by atoms with Crippen LogP contribution in [0.25, 0.3) is 0 Å². The maximum absolute atomic E-state index is 14.1. The Kier molecular flexibility index (Phi) is 5.33. The molecule has 1 amide bonds. The van der Waals surface area contributed by atoms with Crippen molar-refractivity contribution in [2.24, 2.45) is 5.73 Å². The van der Waals surface area contributed by atoms with Crippen LogP contribution in [0.3, 0.4) is 0 Å². The molecule has 1 aliphatic rings. The molecule has 0 bridgehead atoms. The standard InChI is InChI=1S/C17H15FN2O5/c1-24-16(22)10-6-3-4-9-20(14(10)17(23)25-2)12-8-5-7-11(18)13(12)15(19)21/h3-9H,1-2H3,(H2,19,21). The second-order valence-electron chi connectivity index (χ2n) is 4.81. The van der Waals surface area contributed by atoms with Gasteiger partial charge in [0.05, 0.1) is 31.0 Å². The third-order valence-electron chi connectivity index (χ3n) is 3.39. The molecular weight excluding hydrogens is 331 g/mol. The molecule has 2 N–H and O–H groups in total. The predicted molar refractivity (Wildman–Crippen MR) is 86.7 cm³/mol. The van der Waals surface area contributed by atoms with Gasteiger partial charge in [0.15, 0.2) is 0 Å². The normalized spacial score (nSPS) is 13.5. The van der Waals surface area contributed by atoms with Crippen molar-refractivity contribution < 1.29 is 28.2 Å². The largest absolute Gasteiger partial charge is 0.465 e. The first-order valence-corrected chi connectivity index (χ1v) is 7.05. The molecule has 1 heterocycles. The molecule has 2 rings (SSSR count). The van der Waals surface area contributed by atoms with Gasteiger partial charge in [0.1, 0.15) is 11.5 Å². The summed E-state index contributed by atoms with van der Waals surface area (Å²) < 4.78 is 23.5. The fourth-order valence-corrected chi connectivity index (χ4v) is 2.31. The Balaban J connectivity index is 2.79. The minimum absolute atomic E-state index is 0.0192. The Hall–Kier alpha value is -3.42. The number of hydrogen-bond acceptors (Lipinski definition) is 6. The molecule has 0 saturated heterocycles. The summed E-state index contributed by atoms with van der Waals surface area (Å²) in [6.07, 6.45) is 5.70. The second kappa shape index (κ2) is 7.43. The number of nitrogens with zero attached hydrogens (tertiary/aromatic N) is 1. The highest BCUT2D eigenvalue weighted by molar-refractivity contribution is 6.07. The summed E-state index contributed by atoms with van der Waals surface area (Å²) in [5, 5.41) is 0. The first-order chi connectivity index (χ1) is 11.9. The predicted octanol–water partition coefficient (Wildman–Crippen LogP) is 1.41. The van der Waals surface area contributed by atoms with Gasteiger partial charge in [0, 0.05) is 6.20 Å². The summed E-state index contributed by atoms with van der Waals surface area (Å²) in [5.74, 6) is -3.57. The maximum atomic E-state index is 14.1. The molecule has 0 saturated carbocycles. The molecular formula is C17H15FN2O5. The van der Waals surface area contributed by atoms with Crippen LogP contribution in [0.4, 0.5) is 10.1 Å². The number of halogens is 1. The van der Waals surface area contributed by atoms with Gasteiger partial charge in [0.2, 0.25) is 0 Å². The van der Waals surface area contributed by atoms with E-state index in [9.17, 15) is 18.8 Å². The Bertz CT molecular complexity index is 826. The van der Waals surface area contributed by atoms with Gasteiger partial charge in [-0.25, -0.2) is 14.0 Å². The third-order valence-corrected chi connectivity index (χ3v) is 3.39. The smallest absolute Gasteiger partial charge is 0.355 e. The van der Waals surface area contributed by atoms with E-state index < -0.39 is 29.2 Å². The number of allylic oxidation sites excluding steroid dienone is 2. The number of amides is 1.